The van der Waals surface area contributed by atoms with E-state index in [4.69, 9.17) is 9.84 Å². The van der Waals surface area contributed by atoms with Gasteiger partial charge in [-0.3, -0.25) is 0 Å². The molecule has 4 nitrogen and oxygen atoms in total. The topological polar surface area (TPSA) is 63.6 Å². The number of benzene rings is 2. The van der Waals surface area contributed by atoms with Gasteiger partial charge in [-0.1, -0.05) is 11.8 Å². The molecule has 114 valence electrons. The van der Waals surface area contributed by atoms with E-state index in [9.17, 15) is 9.59 Å². The first-order valence-corrected chi connectivity index (χ1v) is 7.62. The summed E-state index contributed by atoms with van der Waals surface area (Å²) in [7, 11) is 0. The van der Waals surface area contributed by atoms with Crippen LogP contribution in [0.4, 0.5) is 0 Å². The van der Waals surface area contributed by atoms with Crippen LogP contribution in [-0.2, 0) is 4.74 Å². The molecule has 0 aliphatic heterocycles. The summed E-state index contributed by atoms with van der Waals surface area (Å²) in [5.74, 6) is -1.26. The van der Waals surface area contributed by atoms with Crippen LogP contribution in [0.25, 0.3) is 0 Å². The van der Waals surface area contributed by atoms with Crippen molar-refractivity contribution in [1.29, 1.82) is 0 Å². The highest BCUT2D eigenvalue weighted by molar-refractivity contribution is 7.99. The van der Waals surface area contributed by atoms with E-state index < -0.39 is 5.97 Å². The average molecular weight is 316 g/mol. The second-order valence-electron chi connectivity index (χ2n) is 4.63. The third kappa shape index (κ3) is 3.89. The Hall–Kier alpha value is -2.27. The molecule has 2 aromatic carbocycles. The summed E-state index contributed by atoms with van der Waals surface area (Å²) in [6, 6.07) is 12.2. The van der Waals surface area contributed by atoms with Gasteiger partial charge in [0.05, 0.1) is 17.7 Å². The SMILES string of the molecule is CCOC(=O)c1ccc(Sc2ccc(C(=O)O)cc2)cc1C. The van der Waals surface area contributed by atoms with Gasteiger partial charge in [0, 0.05) is 9.79 Å². The molecule has 0 unspecified atom stereocenters. The lowest BCUT2D eigenvalue weighted by Crippen LogP contribution is -2.06. The molecule has 0 spiro atoms. The van der Waals surface area contributed by atoms with Gasteiger partial charge in [0.15, 0.2) is 0 Å². The zero-order valence-electron chi connectivity index (χ0n) is 12.3. The summed E-state index contributed by atoms with van der Waals surface area (Å²) < 4.78 is 5.00. The summed E-state index contributed by atoms with van der Waals surface area (Å²) in [4.78, 5) is 24.5. The number of aryl methyl sites for hydroxylation is 1. The monoisotopic (exact) mass is 316 g/mol. The first-order chi connectivity index (χ1) is 10.5. The minimum absolute atomic E-state index is 0.262. The molecule has 0 aliphatic rings. The second kappa shape index (κ2) is 7.13. The maximum atomic E-state index is 11.8. The number of rotatable bonds is 5. The maximum absolute atomic E-state index is 11.8. The largest absolute Gasteiger partial charge is 0.478 e. The van der Waals surface area contributed by atoms with Crippen molar-refractivity contribution in [3.8, 4) is 0 Å². The van der Waals surface area contributed by atoms with E-state index in [1.807, 2.05) is 19.1 Å². The van der Waals surface area contributed by atoms with Crippen molar-refractivity contribution in [2.45, 2.75) is 23.6 Å². The molecule has 0 radical (unpaired) electrons. The van der Waals surface area contributed by atoms with Gasteiger partial charge in [0.25, 0.3) is 0 Å². The van der Waals surface area contributed by atoms with Crippen molar-refractivity contribution < 1.29 is 19.4 Å². The highest BCUT2D eigenvalue weighted by Crippen LogP contribution is 2.29. The molecular weight excluding hydrogens is 300 g/mol. The van der Waals surface area contributed by atoms with Gasteiger partial charge in [-0.05, 0) is 61.9 Å². The summed E-state index contributed by atoms with van der Waals surface area (Å²) in [5.41, 5.74) is 1.68. The number of carbonyl (C=O) groups is 2. The Labute approximate surface area is 133 Å². The number of carboxylic acids is 1. The van der Waals surface area contributed by atoms with Gasteiger partial charge in [-0.25, -0.2) is 9.59 Å². The third-order valence-electron chi connectivity index (χ3n) is 3.03. The molecule has 22 heavy (non-hydrogen) atoms. The molecule has 0 fully saturated rings. The zero-order valence-corrected chi connectivity index (χ0v) is 13.1. The molecule has 0 heterocycles. The molecule has 0 bridgehead atoms. The number of carboxylic acid groups (broad SMARTS) is 1. The smallest absolute Gasteiger partial charge is 0.338 e. The Balaban J connectivity index is 2.15. The van der Waals surface area contributed by atoms with Crippen molar-refractivity contribution in [3.05, 3.63) is 59.2 Å². The Bertz CT molecular complexity index is 692. The molecule has 0 aliphatic carbocycles. The van der Waals surface area contributed by atoms with Crippen LogP contribution in [0.3, 0.4) is 0 Å². The van der Waals surface area contributed by atoms with Crippen LogP contribution >= 0.6 is 11.8 Å². The fourth-order valence-electron chi connectivity index (χ4n) is 1.94. The number of carbonyl (C=O) groups excluding carboxylic acids is 1. The van der Waals surface area contributed by atoms with Gasteiger partial charge < -0.3 is 9.84 Å². The quantitative estimate of drug-likeness (QED) is 0.844. The van der Waals surface area contributed by atoms with Crippen molar-refractivity contribution in [2.75, 3.05) is 6.61 Å². The van der Waals surface area contributed by atoms with Gasteiger partial charge in [0.2, 0.25) is 0 Å². The molecule has 0 saturated carbocycles. The standard InChI is InChI=1S/C17H16O4S/c1-3-21-17(20)15-9-8-14(10-11(15)2)22-13-6-4-12(5-7-13)16(18)19/h4-10H,3H2,1-2H3,(H,18,19). The fourth-order valence-corrected chi connectivity index (χ4v) is 2.86. The van der Waals surface area contributed by atoms with Gasteiger partial charge in [-0.15, -0.1) is 0 Å². The van der Waals surface area contributed by atoms with Gasteiger partial charge >= 0.3 is 11.9 Å². The molecule has 2 rings (SSSR count). The van der Waals surface area contributed by atoms with E-state index >= 15 is 0 Å². The zero-order chi connectivity index (χ0) is 16.1. The van der Waals surface area contributed by atoms with Crippen LogP contribution in [0.1, 0.15) is 33.2 Å². The first-order valence-electron chi connectivity index (χ1n) is 6.80. The normalized spacial score (nSPS) is 10.3. The van der Waals surface area contributed by atoms with E-state index in [2.05, 4.69) is 0 Å². The number of hydrogen-bond donors (Lipinski definition) is 1. The Morgan fingerprint density at radius 1 is 1.09 bits per heavy atom. The van der Waals surface area contributed by atoms with Gasteiger partial charge in [0.1, 0.15) is 0 Å². The summed E-state index contributed by atoms with van der Waals surface area (Å²) in [5, 5.41) is 8.88. The van der Waals surface area contributed by atoms with Crippen molar-refractivity contribution >= 4 is 23.7 Å². The lowest BCUT2D eigenvalue weighted by atomic mass is 10.1. The van der Waals surface area contributed by atoms with E-state index in [1.54, 1.807) is 37.3 Å². The van der Waals surface area contributed by atoms with Crippen LogP contribution < -0.4 is 0 Å². The van der Waals surface area contributed by atoms with E-state index in [-0.39, 0.29) is 11.5 Å². The Morgan fingerprint density at radius 3 is 2.27 bits per heavy atom. The summed E-state index contributed by atoms with van der Waals surface area (Å²) in [6.45, 7) is 3.99. The third-order valence-corrected chi connectivity index (χ3v) is 4.03. The number of ether oxygens (including phenoxy) is 1. The predicted octanol–water partition coefficient (Wildman–Crippen LogP) is 4.02. The molecule has 0 aromatic heterocycles. The molecule has 1 N–H and O–H groups in total. The molecule has 0 amide bonds. The average Bonchev–Trinajstić information content (AvgIpc) is 2.48. The van der Waals surface area contributed by atoms with Crippen LogP contribution in [0.2, 0.25) is 0 Å². The molecule has 5 heteroatoms. The second-order valence-corrected chi connectivity index (χ2v) is 5.78. The van der Waals surface area contributed by atoms with Crippen LogP contribution in [-0.4, -0.2) is 23.7 Å². The first kappa shape index (κ1) is 16.1. The molecular formula is C17H16O4S. The van der Waals surface area contributed by atoms with Crippen LogP contribution in [0.5, 0.6) is 0 Å². The van der Waals surface area contributed by atoms with E-state index in [0.717, 1.165) is 15.4 Å². The Kier molecular flexibility index (Phi) is 5.22. The Morgan fingerprint density at radius 2 is 1.73 bits per heavy atom. The summed E-state index contributed by atoms with van der Waals surface area (Å²) >= 11 is 1.51. The number of aromatic carboxylic acids is 1. The van der Waals surface area contributed by atoms with Crippen molar-refractivity contribution in [2.24, 2.45) is 0 Å². The highest BCUT2D eigenvalue weighted by atomic mass is 32.2. The fraction of sp³-hybridized carbons (Fsp3) is 0.176. The lowest BCUT2D eigenvalue weighted by molar-refractivity contribution is 0.0525. The predicted molar refractivity (Wildman–Crippen MR) is 84.7 cm³/mol. The minimum atomic E-state index is -0.939. The van der Waals surface area contributed by atoms with Gasteiger partial charge in [-0.2, -0.15) is 0 Å². The van der Waals surface area contributed by atoms with Crippen LogP contribution in [0, 0.1) is 6.92 Å². The highest BCUT2D eigenvalue weighted by Gasteiger charge is 2.11. The van der Waals surface area contributed by atoms with Crippen molar-refractivity contribution in [1.82, 2.24) is 0 Å². The van der Waals surface area contributed by atoms with E-state index in [1.165, 1.54) is 11.8 Å². The van der Waals surface area contributed by atoms with Crippen molar-refractivity contribution in [3.63, 3.8) is 0 Å². The van der Waals surface area contributed by atoms with E-state index in [0.29, 0.717) is 12.2 Å². The molecule has 0 atom stereocenters. The minimum Gasteiger partial charge on any atom is -0.478 e. The lowest BCUT2D eigenvalue weighted by Gasteiger charge is -2.08. The maximum Gasteiger partial charge on any atom is 0.338 e. The molecule has 2 aromatic rings. The summed E-state index contributed by atoms with van der Waals surface area (Å²) in [6.07, 6.45) is 0. The number of hydrogen-bond acceptors (Lipinski definition) is 4. The number of esters is 1. The molecule has 0 saturated heterocycles. The van der Waals surface area contributed by atoms with Crippen LogP contribution in [0.15, 0.2) is 52.3 Å².